The van der Waals surface area contributed by atoms with Crippen molar-refractivity contribution >= 4 is 11.8 Å². The van der Waals surface area contributed by atoms with Crippen LogP contribution in [0.4, 0.5) is 0 Å². The van der Waals surface area contributed by atoms with Gasteiger partial charge >= 0.3 is 0 Å². The molecule has 0 radical (unpaired) electrons. The molecule has 1 fully saturated rings. The van der Waals surface area contributed by atoms with Crippen molar-refractivity contribution in [2.75, 3.05) is 19.8 Å². The van der Waals surface area contributed by atoms with Gasteiger partial charge in [-0.2, -0.15) is 0 Å². The zero-order valence-electron chi connectivity index (χ0n) is 13.1. The van der Waals surface area contributed by atoms with Crippen LogP contribution in [0.2, 0.25) is 0 Å². The van der Waals surface area contributed by atoms with Gasteiger partial charge in [0.25, 0.3) is 0 Å². The van der Waals surface area contributed by atoms with Crippen LogP contribution in [0.15, 0.2) is 0 Å². The molecular formula is C15H28N2O3. The highest BCUT2D eigenvalue weighted by Crippen LogP contribution is 2.15. The minimum absolute atomic E-state index is 0.0115. The molecule has 2 unspecified atom stereocenters. The van der Waals surface area contributed by atoms with Gasteiger partial charge in [0, 0.05) is 25.6 Å². The smallest absolute Gasteiger partial charge is 0.245 e. The summed E-state index contributed by atoms with van der Waals surface area (Å²) in [6, 6.07) is -0.482. The molecule has 5 heteroatoms. The number of nitrogens with one attached hydrogen (secondary N) is 1. The Bertz CT molecular complexity index is 331. The monoisotopic (exact) mass is 284 g/mol. The highest BCUT2D eigenvalue weighted by atomic mass is 16.5. The summed E-state index contributed by atoms with van der Waals surface area (Å²) in [5.74, 6) is 0.0663. The number of hydrogen-bond acceptors (Lipinski definition) is 3. The molecule has 1 aliphatic heterocycles. The van der Waals surface area contributed by atoms with Crippen molar-refractivity contribution in [1.29, 1.82) is 0 Å². The summed E-state index contributed by atoms with van der Waals surface area (Å²) in [5, 5.41) is 2.83. The number of carbonyl (C=O) groups is 2. The van der Waals surface area contributed by atoms with E-state index in [1.165, 1.54) is 0 Å². The van der Waals surface area contributed by atoms with E-state index >= 15 is 0 Å². The topological polar surface area (TPSA) is 58.6 Å². The van der Waals surface area contributed by atoms with E-state index in [1.54, 1.807) is 4.90 Å². The average Bonchev–Trinajstić information content (AvgIpc) is 2.48. The third kappa shape index (κ3) is 4.78. The lowest BCUT2D eigenvalue weighted by Gasteiger charge is -2.29. The van der Waals surface area contributed by atoms with Crippen molar-refractivity contribution in [3.63, 3.8) is 0 Å². The SMILES string of the molecule is CCCCOCCN1C(=O)C(C(C)C)NC(=O)CC1C. The van der Waals surface area contributed by atoms with Gasteiger partial charge in [0.1, 0.15) is 6.04 Å². The molecule has 0 aromatic carbocycles. The molecule has 0 aliphatic carbocycles. The van der Waals surface area contributed by atoms with Crippen molar-refractivity contribution in [3.8, 4) is 0 Å². The third-order valence-corrected chi connectivity index (χ3v) is 3.66. The van der Waals surface area contributed by atoms with Gasteiger partial charge in [-0.05, 0) is 19.3 Å². The summed E-state index contributed by atoms with van der Waals surface area (Å²) in [4.78, 5) is 26.1. The summed E-state index contributed by atoms with van der Waals surface area (Å²) in [7, 11) is 0. The summed E-state index contributed by atoms with van der Waals surface area (Å²) in [5.41, 5.74) is 0. The molecule has 0 aromatic heterocycles. The van der Waals surface area contributed by atoms with E-state index in [9.17, 15) is 9.59 Å². The van der Waals surface area contributed by atoms with E-state index in [0.29, 0.717) is 19.6 Å². The van der Waals surface area contributed by atoms with Crippen LogP contribution in [0.3, 0.4) is 0 Å². The Labute approximate surface area is 122 Å². The second-order valence-electron chi connectivity index (χ2n) is 5.84. The van der Waals surface area contributed by atoms with Crippen LogP contribution in [0.25, 0.3) is 0 Å². The Morgan fingerprint density at radius 3 is 2.65 bits per heavy atom. The van der Waals surface area contributed by atoms with E-state index in [4.69, 9.17) is 4.74 Å². The van der Waals surface area contributed by atoms with Crippen molar-refractivity contribution in [2.24, 2.45) is 5.92 Å². The van der Waals surface area contributed by atoms with Gasteiger partial charge in [0.15, 0.2) is 0 Å². The summed E-state index contributed by atoms with van der Waals surface area (Å²) >= 11 is 0. The first-order chi connectivity index (χ1) is 9.47. The van der Waals surface area contributed by atoms with E-state index in [0.717, 1.165) is 19.4 Å². The fraction of sp³-hybridized carbons (Fsp3) is 0.867. The molecule has 0 aromatic rings. The molecule has 116 valence electrons. The number of rotatable bonds is 7. The van der Waals surface area contributed by atoms with Crippen molar-refractivity contribution in [3.05, 3.63) is 0 Å². The first-order valence-corrected chi connectivity index (χ1v) is 7.65. The quantitative estimate of drug-likeness (QED) is 0.722. The molecule has 0 saturated carbocycles. The van der Waals surface area contributed by atoms with E-state index < -0.39 is 6.04 Å². The van der Waals surface area contributed by atoms with Gasteiger partial charge in [-0.25, -0.2) is 0 Å². The molecule has 20 heavy (non-hydrogen) atoms. The number of ether oxygens (including phenoxy) is 1. The van der Waals surface area contributed by atoms with Gasteiger partial charge in [-0.3, -0.25) is 9.59 Å². The largest absolute Gasteiger partial charge is 0.380 e. The Hall–Kier alpha value is -1.10. The summed E-state index contributed by atoms with van der Waals surface area (Å²) in [6.07, 6.45) is 2.51. The first-order valence-electron chi connectivity index (χ1n) is 7.65. The lowest BCUT2D eigenvalue weighted by Crippen LogP contribution is -2.49. The van der Waals surface area contributed by atoms with Crippen LogP contribution < -0.4 is 5.32 Å². The van der Waals surface area contributed by atoms with Crippen molar-refractivity contribution in [2.45, 2.75) is 59.0 Å². The minimum Gasteiger partial charge on any atom is -0.380 e. The van der Waals surface area contributed by atoms with Crippen LogP contribution in [0.5, 0.6) is 0 Å². The molecule has 1 rings (SSSR count). The molecule has 1 N–H and O–H groups in total. The van der Waals surface area contributed by atoms with E-state index in [2.05, 4.69) is 12.2 Å². The summed E-state index contributed by atoms with van der Waals surface area (Å²) < 4.78 is 5.54. The Balaban J connectivity index is 2.60. The zero-order chi connectivity index (χ0) is 15.1. The number of carbonyl (C=O) groups excluding carboxylic acids is 2. The van der Waals surface area contributed by atoms with Gasteiger partial charge < -0.3 is 15.0 Å². The van der Waals surface area contributed by atoms with Crippen LogP contribution in [-0.4, -0.2) is 48.6 Å². The van der Waals surface area contributed by atoms with Crippen LogP contribution >= 0.6 is 0 Å². The maximum Gasteiger partial charge on any atom is 0.245 e. The maximum absolute atomic E-state index is 12.5. The van der Waals surface area contributed by atoms with Gasteiger partial charge in [0.05, 0.1) is 6.61 Å². The van der Waals surface area contributed by atoms with Crippen molar-refractivity contribution in [1.82, 2.24) is 10.2 Å². The average molecular weight is 284 g/mol. The number of hydrogen-bond donors (Lipinski definition) is 1. The fourth-order valence-electron chi connectivity index (χ4n) is 2.36. The second kappa shape index (κ2) is 8.25. The number of unbranched alkanes of at least 4 members (excludes halogenated alkanes) is 1. The lowest BCUT2D eigenvalue weighted by molar-refractivity contribution is -0.136. The van der Waals surface area contributed by atoms with Crippen LogP contribution in [-0.2, 0) is 14.3 Å². The third-order valence-electron chi connectivity index (χ3n) is 3.66. The second-order valence-corrected chi connectivity index (χ2v) is 5.84. The Morgan fingerprint density at radius 1 is 1.35 bits per heavy atom. The van der Waals surface area contributed by atoms with Crippen LogP contribution in [0.1, 0.15) is 47.0 Å². The van der Waals surface area contributed by atoms with E-state index in [1.807, 2.05) is 20.8 Å². The number of amides is 2. The normalized spacial score (nSPS) is 23.9. The van der Waals surface area contributed by atoms with Crippen molar-refractivity contribution < 1.29 is 14.3 Å². The molecule has 0 spiro atoms. The highest BCUT2D eigenvalue weighted by molar-refractivity contribution is 5.90. The molecule has 1 aliphatic rings. The van der Waals surface area contributed by atoms with E-state index in [-0.39, 0.29) is 23.8 Å². The minimum atomic E-state index is -0.414. The first kappa shape index (κ1) is 17.0. The molecule has 5 nitrogen and oxygen atoms in total. The predicted octanol–water partition coefficient (Wildman–Crippen LogP) is 1.56. The summed E-state index contributed by atoms with van der Waals surface area (Å²) in [6.45, 7) is 9.78. The molecule has 1 heterocycles. The molecule has 2 amide bonds. The molecule has 0 bridgehead atoms. The standard InChI is InChI=1S/C15H28N2O3/c1-5-6-8-20-9-7-17-12(4)10-13(18)16-14(11(2)3)15(17)19/h11-12,14H,5-10H2,1-4H3,(H,16,18). The van der Waals surface area contributed by atoms with Gasteiger partial charge in [-0.15, -0.1) is 0 Å². The molecule has 1 saturated heterocycles. The van der Waals surface area contributed by atoms with Gasteiger partial charge in [-0.1, -0.05) is 27.2 Å². The fourth-order valence-corrected chi connectivity index (χ4v) is 2.36. The molecular weight excluding hydrogens is 256 g/mol. The molecule has 2 atom stereocenters. The Kier molecular flexibility index (Phi) is 6.99. The van der Waals surface area contributed by atoms with Crippen LogP contribution in [0, 0.1) is 5.92 Å². The van der Waals surface area contributed by atoms with Gasteiger partial charge in [0.2, 0.25) is 11.8 Å². The predicted molar refractivity (Wildman–Crippen MR) is 78.3 cm³/mol. The Morgan fingerprint density at radius 2 is 2.05 bits per heavy atom. The lowest BCUT2D eigenvalue weighted by atomic mass is 10.0. The number of nitrogens with zero attached hydrogens (tertiary/aromatic N) is 1. The zero-order valence-corrected chi connectivity index (χ0v) is 13.1. The highest BCUT2D eigenvalue weighted by Gasteiger charge is 2.35. The maximum atomic E-state index is 12.5.